The molecule has 162 valence electrons. The minimum absolute atomic E-state index is 0.0391. The van der Waals surface area contributed by atoms with Crippen LogP contribution in [0.1, 0.15) is 11.3 Å². The summed E-state index contributed by atoms with van der Waals surface area (Å²) < 4.78 is 6.48. The largest absolute Gasteiger partial charge is 0.486 e. The molecule has 0 spiro atoms. The fraction of sp³-hybridized carbons (Fsp3) is 0.240. The molecule has 1 aliphatic rings. The third-order valence-corrected chi connectivity index (χ3v) is 5.73. The van der Waals surface area contributed by atoms with Crippen LogP contribution < -0.4 is 21.1 Å². The summed E-state index contributed by atoms with van der Waals surface area (Å²) in [6.45, 7) is 3.72. The average Bonchev–Trinajstić information content (AvgIpc) is 3.20. The minimum atomic E-state index is 0.0391. The average molecular weight is 427 g/mol. The summed E-state index contributed by atoms with van der Waals surface area (Å²) in [4.78, 5) is 13.2. The maximum Gasteiger partial charge on any atom is 0.145 e. The Morgan fingerprint density at radius 1 is 1.12 bits per heavy atom. The number of aryl methyl sites for hydroxylation is 1. The van der Waals surface area contributed by atoms with Gasteiger partial charge in [0.05, 0.1) is 6.20 Å². The number of rotatable bonds is 6. The van der Waals surface area contributed by atoms with Crippen molar-refractivity contribution in [2.75, 3.05) is 24.1 Å². The van der Waals surface area contributed by atoms with E-state index >= 15 is 0 Å². The van der Waals surface area contributed by atoms with Gasteiger partial charge in [-0.25, -0.2) is 9.97 Å². The van der Waals surface area contributed by atoms with Crippen LogP contribution in [-0.4, -0.2) is 34.1 Å². The molecular weight excluding hydrogens is 400 g/mol. The first-order valence-electron chi connectivity index (χ1n) is 10.8. The lowest BCUT2D eigenvalue weighted by Gasteiger charge is -2.21. The zero-order valence-corrected chi connectivity index (χ0v) is 18.0. The zero-order valence-electron chi connectivity index (χ0n) is 18.0. The second-order valence-corrected chi connectivity index (χ2v) is 8.25. The summed E-state index contributed by atoms with van der Waals surface area (Å²) in [5.41, 5.74) is 9.03. The molecule has 0 aliphatic carbocycles. The molecule has 0 bridgehead atoms. The van der Waals surface area contributed by atoms with Gasteiger partial charge in [-0.15, -0.1) is 0 Å². The van der Waals surface area contributed by atoms with Gasteiger partial charge in [0.15, 0.2) is 0 Å². The Labute approximate surface area is 187 Å². The Bertz CT molecular complexity index is 1210. The van der Waals surface area contributed by atoms with Crippen LogP contribution >= 0.6 is 0 Å². The van der Waals surface area contributed by atoms with E-state index in [9.17, 15) is 0 Å². The summed E-state index contributed by atoms with van der Waals surface area (Å²) >= 11 is 0. The van der Waals surface area contributed by atoms with Crippen molar-refractivity contribution in [3.8, 4) is 5.75 Å². The lowest BCUT2D eigenvalue weighted by Crippen LogP contribution is -2.27. The van der Waals surface area contributed by atoms with E-state index in [0.29, 0.717) is 11.7 Å². The molecule has 0 saturated carbocycles. The van der Waals surface area contributed by atoms with Gasteiger partial charge >= 0.3 is 0 Å². The van der Waals surface area contributed by atoms with Crippen LogP contribution in [0.4, 0.5) is 17.3 Å². The molecule has 1 fully saturated rings. The highest BCUT2D eigenvalue weighted by Crippen LogP contribution is 2.30. The first kappa shape index (κ1) is 20.2. The molecule has 5 rings (SSSR count). The van der Waals surface area contributed by atoms with Crippen LogP contribution in [0.2, 0.25) is 0 Å². The van der Waals surface area contributed by atoms with Gasteiger partial charge < -0.3 is 21.1 Å². The number of benzene rings is 1. The van der Waals surface area contributed by atoms with Gasteiger partial charge in [-0.1, -0.05) is 6.07 Å². The molecule has 0 amide bonds. The third kappa shape index (κ3) is 4.48. The van der Waals surface area contributed by atoms with E-state index in [1.807, 2.05) is 43.5 Å². The van der Waals surface area contributed by atoms with Crippen LogP contribution in [0, 0.1) is 12.8 Å². The first-order chi connectivity index (χ1) is 15.6. The highest BCUT2D eigenvalue weighted by atomic mass is 16.5. The Balaban J connectivity index is 1.34. The van der Waals surface area contributed by atoms with Crippen molar-refractivity contribution < 1.29 is 4.74 Å². The minimum Gasteiger partial charge on any atom is -0.486 e. The maximum absolute atomic E-state index is 6.48. The van der Waals surface area contributed by atoms with Crippen LogP contribution in [-0.2, 0) is 6.42 Å². The Hall–Kier alpha value is -3.71. The molecule has 2 atom stereocenters. The topological polar surface area (TPSA) is 98.0 Å². The van der Waals surface area contributed by atoms with Gasteiger partial charge in [0.1, 0.15) is 23.5 Å². The third-order valence-electron chi connectivity index (χ3n) is 5.73. The fourth-order valence-corrected chi connectivity index (χ4v) is 4.26. The number of nitrogen functional groups attached to an aromatic ring is 1. The van der Waals surface area contributed by atoms with Gasteiger partial charge in [-0.2, -0.15) is 0 Å². The van der Waals surface area contributed by atoms with E-state index in [2.05, 4.69) is 43.8 Å². The Kier molecular flexibility index (Phi) is 5.56. The highest BCUT2D eigenvalue weighted by molar-refractivity contribution is 5.90. The number of hydrogen-bond donors (Lipinski definition) is 3. The zero-order chi connectivity index (χ0) is 21.9. The van der Waals surface area contributed by atoms with Crippen LogP contribution in [0.15, 0.2) is 67.1 Å². The second kappa shape index (κ2) is 8.80. The molecule has 0 radical (unpaired) electrons. The van der Waals surface area contributed by atoms with E-state index in [1.54, 1.807) is 12.4 Å². The quantitative estimate of drug-likeness (QED) is 0.430. The standard InChI is InChI=1S/C25H26N6O/c1-16-8-20(30-24(26)9-16)11-18-13-28-14-22(18)32-23-15-27-12-17-10-19(5-6-21(17)23)31-25-4-2-3-7-29-25/h2-10,12,15,18,22,28H,11,13-14H2,1H3,(H2,26,30)(H,29,31)/t18-,22+/m1/s1. The molecule has 7 nitrogen and oxygen atoms in total. The molecule has 4 aromatic rings. The Morgan fingerprint density at radius 2 is 2.06 bits per heavy atom. The van der Waals surface area contributed by atoms with E-state index in [-0.39, 0.29) is 6.10 Å². The predicted octanol–water partition coefficient (Wildman–Crippen LogP) is 3.87. The van der Waals surface area contributed by atoms with Gasteiger partial charge in [0.25, 0.3) is 0 Å². The van der Waals surface area contributed by atoms with Crippen LogP contribution in [0.25, 0.3) is 10.8 Å². The van der Waals surface area contributed by atoms with E-state index in [1.165, 1.54) is 0 Å². The molecule has 1 aromatic carbocycles. The lowest BCUT2D eigenvalue weighted by molar-refractivity contribution is 0.174. The molecule has 4 N–H and O–H groups in total. The maximum atomic E-state index is 6.48. The summed E-state index contributed by atoms with van der Waals surface area (Å²) in [5, 5.41) is 8.83. The van der Waals surface area contributed by atoms with Crippen molar-refractivity contribution in [3.05, 3.63) is 78.4 Å². The molecular formula is C25H26N6O. The highest BCUT2D eigenvalue weighted by Gasteiger charge is 2.30. The lowest BCUT2D eigenvalue weighted by atomic mass is 9.98. The van der Waals surface area contributed by atoms with Gasteiger partial charge in [0.2, 0.25) is 0 Å². The molecule has 1 aliphatic heterocycles. The second-order valence-electron chi connectivity index (χ2n) is 8.25. The van der Waals surface area contributed by atoms with Crippen LogP contribution in [0.5, 0.6) is 5.75 Å². The van der Waals surface area contributed by atoms with Crippen molar-refractivity contribution in [3.63, 3.8) is 0 Å². The van der Waals surface area contributed by atoms with Crippen molar-refractivity contribution in [1.82, 2.24) is 20.3 Å². The van der Waals surface area contributed by atoms with Gasteiger partial charge in [0, 0.05) is 53.6 Å². The number of nitrogens with zero attached hydrogens (tertiary/aromatic N) is 3. The molecule has 3 aromatic heterocycles. The van der Waals surface area contributed by atoms with E-state index < -0.39 is 0 Å². The molecule has 7 heteroatoms. The van der Waals surface area contributed by atoms with Crippen molar-refractivity contribution in [2.24, 2.45) is 5.92 Å². The van der Waals surface area contributed by atoms with Crippen LogP contribution in [0.3, 0.4) is 0 Å². The number of aromatic nitrogens is 3. The normalized spacial score (nSPS) is 18.0. The predicted molar refractivity (Wildman–Crippen MR) is 127 cm³/mol. The summed E-state index contributed by atoms with van der Waals surface area (Å²) in [6.07, 6.45) is 6.28. The number of nitrogens with two attached hydrogens (primary N) is 1. The van der Waals surface area contributed by atoms with E-state index in [0.717, 1.165) is 58.8 Å². The monoisotopic (exact) mass is 426 g/mol. The summed E-state index contributed by atoms with van der Waals surface area (Å²) in [6, 6.07) is 15.9. The number of hydrogen-bond acceptors (Lipinski definition) is 7. The SMILES string of the molecule is Cc1cc(N)nc(C[C@@H]2CNC[C@@H]2Oc2cncc3cc(Nc4ccccn4)ccc23)c1. The number of pyridine rings is 3. The van der Waals surface area contributed by atoms with Gasteiger partial charge in [-0.3, -0.25) is 4.98 Å². The molecule has 0 unspecified atom stereocenters. The Morgan fingerprint density at radius 3 is 2.91 bits per heavy atom. The first-order valence-corrected chi connectivity index (χ1v) is 10.8. The smallest absolute Gasteiger partial charge is 0.145 e. The number of nitrogens with one attached hydrogen (secondary N) is 2. The van der Waals surface area contributed by atoms with Crippen molar-refractivity contribution >= 4 is 28.1 Å². The molecule has 32 heavy (non-hydrogen) atoms. The van der Waals surface area contributed by atoms with Crippen molar-refractivity contribution in [1.29, 1.82) is 0 Å². The number of fused-ring (bicyclic) bond motifs is 1. The number of ether oxygens (including phenoxy) is 1. The fourth-order valence-electron chi connectivity index (χ4n) is 4.26. The molecule has 1 saturated heterocycles. The molecule has 4 heterocycles. The van der Waals surface area contributed by atoms with Crippen molar-refractivity contribution in [2.45, 2.75) is 19.4 Å². The number of anilines is 3. The summed E-state index contributed by atoms with van der Waals surface area (Å²) in [7, 11) is 0. The van der Waals surface area contributed by atoms with E-state index in [4.69, 9.17) is 10.5 Å². The summed E-state index contributed by atoms with van der Waals surface area (Å²) in [5.74, 6) is 2.47. The van der Waals surface area contributed by atoms with Gasteiger partial charge in [-0.05, 0) is 61.4 Å².